The van der Waals surface area contributed by atoms with E-state index in [9.17, 15) is 19.8 Å². The van der Waals surface area contributed by atoms with Crippen LogP contribution in [0.5, 0.6) is 5.75 Å². The Balaban J connectivity index is 1.12. The van der Waals surface area contributed by atoms with Crippen LogP contribution in [0.4, 0.5) is 5.13 Å². The van der Waals surface area contributed by atoms with Crippen molar-refractivity contribution in [3.8, 4) is 17.0 Å². The molecule has 2 aliphatic heterocycles. The topological polar surface area (TPSA) is 106 Å². The standard InChI is InChI=1S/C34H42N4O5S/c1-21-6-11-30(28(13-21)29-19-44-34(35-29)38-15-24-8-9-25(16-38)31(24)33(41)42)43-18-26-10-7-23(14-22(26)2)32(40)36(3)20-37-12-4-5-27(39)17-37/h6-7,10-11,13-14,19,24-25,27,31,39H,4-5,8-9,12,15-18,20H2,1-3H3,(H,41,42)/t24?,25?,27-,31?/m1/s1. The number of β-amino-alcohol motifs (C(OH)–C–C–N with tert-alkyl or cyclic N) is 1. The van der Waals surface area contributed by atoms with Crippen molar-refractivity contribution in [3.05, 3.63) is 64.0 Å². The van der Waals surface area contributed by atoms with Crippen LogP contribution in [0.2, 0.25) is 0 Å². The van der Waals surface area contributed by atoms with Gasteiger partial charge in [0.1, 0.15) is 12.4 Å². The predicted octanol–water partition coefficient (Wildman–Crippen LogP) is 5.04. The van der Waals surface area contributed by atoms with Gasteiger partial charge in [0.25, 0.3) is 5.91 Å². The van der Waals surface area contributed by atoms with Crippen LogP contribution in [-0.4, -0.2) is 82.9 Å². The van der Waals surface area contributed by atoms with Crippen molar-refractivity contribution < 1.29 is 24.5 Å². The van der Waals surface area contributed by atoms with Crippen molar-refractivity contribution in [2.24, 2.45) is 17.8 Å². The van der Waals surface area contributed by atoms with E-state index in [0.717, 1.165) is 84.1 Å². The van der Waals surface area contributed by atoms with Gasteiger partial charge in [-0.2, -0.15) is 0 Å². The van der Waals surface area contributed by atoms with Gasteiger partial charge in [-0.25, -0.2) is 4.98 Å². The fourth-order valence-electron chi connectivity index (χ4n) is 7.18. The summed E-state index contributed by atoms with van der Waals surface area (Å²) in [5.74, 6) is 0.197. The summed E-state index contributed by atoms with van der Waals surface area (Å²) < 4.78 is 6.37. The van der Waals surface area contributed by atoms with Gasteiger partial charge < -0.3 is 24.7 Å². The van der Waals surface area contributed by atoms with Gasteiger partial charge in [-0.1, -0.05) is 17.7 Å². The number of carbonyl (C=O) groups is 2. The Hall–Kier alpha value is -3.47. The Kier molecular flexibility index (Phi) is 8.94. The molecule has 2 unspecified atom stereocenters. The number of hydrogen-bond donors (Lipinski definition) is 2. The SMILES string of the molecule is Cc1ccc(OCc2ccc(C(=O)N(C)CN3CCC[C@@H](O)C3)cc2C)c(-c2csc(N3CC4CCC(C3)C4C(=O)O)n2)c1. The minimum absolute atomic E-state index is 0.0408. The van der Waals surface area contributed by atoms with Crippen LogP contribution in [0.15, 0.2) is 41.8 Å². The number of amides is 1. The first-order valence-electron chi connectivity index (χ1n) is 15.6. The number of likely N-dealkylation sites (tertiary alicyclic amines) is 1. The molecule has 3 heterocycles. The minimum atomic E-state index is -0.656. The smallest absolute Gasteiger partial charge is 0.307 e. The number of fused-ring (bicyclic) bond motifs is 2. The lowest BCUT2D eigenvalue weighted by atomic mass is 9.85. The van der Waals surface area contributed by atoms with Gasteiger partial charge in [-0.15, -0.1) is 11.3 Å². The molecule has 0 radical (unpaired) electrons. The van der Waals surface area contributed by atoms with Crippen LogP contribution in [-0.2, 0) is 11.4 Å². The van der Waals surface area contributed by atoms with Crippen LogP contribution in [0.3, 0.4) is 0 Å². The fraction of sp³-hybridized carbons (Fsp3) is 0.500. The Bertz CT molecular complexity index is 1510. The highest BCUT2D eigenvalue weighted by atomic mass is 32.1. The van der Waals surface area contributed by atoms with E-state index in [1.54, 1.807) is 23.3 Å². The number of aryl methyl sites for hydroxylation is 2. The predicted molar refractivity (Wildman–Crippen MR) is 171 cm³/mol. The summed E-state index contributed by atoms with van der Waals surface area (Å²) in [6, 6.07) is 11.9. The maximum Gasteiger partial charge on any atom is 0.307 e. The van der Waals surface area contributed by atoms with E-state index in [-0.39, 0.29) is 29.8 Å². The van der Waals surface area contributed by atoms with Crippen LogP contribution < -0.4 is 9.64 Å². The zero-order valence-electron chi connectivity index (χ0n) is 25.7. The van der Waals surface area contributed by atoms with Gasteiger partial charge in [-0.05, 0) is 86.8 Å². The van der Waals surface area contributed by atoms with E-state index in [0.29, 0.717) is 25.4 Å². The maximum absolute atomic E-state index is 13.1. The van der Waals surface area contributed by atoms with Crippen LogP contribution in [0, 0.1) is 31.6 Å². The number of nitrogens with zero attached hydrogens (tertiary/aromatic N) is 4. The van der Waals surface area contributed by atoms with Crippen molar-refractivity contribution in [2.45, 2.75) is 52.2 Å². The average molecular weight is 619 g/mol. The number of anilines is 1. The Morgan fingerprint density at radius 2 is 1.84 bits per heavy atom. The molecule has 2 saturated heterocycles. The molecule has 234 valence electrons. The first kappa shape index (κ1) is 30.6. The molecule has 3 aromatic rings. The average Bonchev–Trinajstić information content (AvgIpc) is 3.59. The molecule has 3 aliphatic rings. The number of carboxylic acid groups (broad SMARTS) is 1. The Labute approximate surface area is 263 Å². The second kappa shape index (κ2) is 12.9. The summed E-state index contributed by atoms with van der Waals surface area (Å²) in [5, 5.41) is 22.6. The minimum Gasteiger partial charge on any atom is -0.488 e. The molecule has 3 atom stereocenters. The highest BCUT2D eigenvalue weighted by molar-refractivity contribution is 7.14. The number of ether oxygens (including phenoxy) is 1. The van der Waals surface area contributed by atoms with Crippen LogP contribution >= 0.6 is 11.3 Å². The number of rotatable bonds is 9. The van der Waals surface area contributed by atoms with Gasteiger partial charge in [0.05, 0.1) is 24.4 Å². The second-order valence-electron chi connectivity index (χ2n) is 12.8. The molecule has 44 heavy (non-hydrogen) atoms. The monoisotopic (exact) mass is 618 g/mol. The Morgan fingerprint density at radius 3 is 2.55 bits per heavy atom. The molecule has 1 aromatic heterocycles. The Morgan fingerprint density at radius 1 is 1.07 bits per heavy atom. The van der Waals surface area contributed by atoms with Crippen LogP contribution in [0.1, 0.15) is 52.7 Å². The lowest BCUT2D eigenvalue weighted by Crippen LogP contribution is -2.45. The molecule has 1 saturated carbocycles. The number of thiazole rings is 1. The maximum atomic E-state index is 13.1. The van der Waals surface area contributed by atoms with Crippen molar-refractivity contribution in [1.29, 1.82) is 0 Å². The molecule has 3 fully saturated rings. The lowest BCUT2D eigenvalue weighted by molar-refractivity contribution is -0.144. The van der Waals surface area contributed by atoms with Crippen molar-refractivity contribution in [3.63, 3.8) is 0 Å². The zero-order chi connectivity index (χ0) is 31.0. The van der Waals surface area contributed by atoms with Gasteiger partial charge in [0.2, 0.25) is 0 Å². The first-order valence-corrected chi connectivity index (χ1v) is 16.5. The summed E-state index contributed by atoms with van der Waals surface area (Å²) in [4.78, 5) is 36.0. The van der Waals surface area contributed by atoms with E-state index in [4.69, 9.17) is 9.72 Å². The molecular formula is C34H42N4O5S. The van der Waals surface area contributed by atoms with Gasteiger partial charge >= 0.3 is 5.97 Å². The number of piperidine rings is 2. The third-order valence-corrected chi connectivity index (χ3v) is 10.4. The quantitative estimate of drug-likeness (QED) is 0.344. The molecule has 0 spiro atoms. The molecular weight excluding hydrogens is 576 g/mol. The van der Waals surface area contributed by atoms with E-state index in [1.807, 2.05) is 37.3 Å². The van der Waals surface area contributed by atoms with E-state index in [2.05, 4.69) is 28.2 Å². The van der Waals surface area contributed by atoms with E-state index in [1.165, 1.54) is 0 Å². The van der Waals surface area contributed by atoms with Gasteiger partial charge in [-0.3, -0.25) is 14.5 Å². The number of benzene rings is 2. The number of aliphatic hydroxyl groups excluding tert-OH is 1. The molecule has 2 bridgehead atoms. The molecule has 1 aliphatic carbocycles. The zero-order valence-corrected chi connectivity index (χ0v) is 26.6. The molecule has 1 amide bonds. The molecule has 10 heteroatoms. The van der Waals surface area contributed by atoms with Crippen molar-refractivity contribution in [1.82, 2.24) is 14.8 Å². The summed E-state index contributed by atoms with van der Waals surface area (Å²) in [5.41, 5.74) is 5.54. The normalized spacial score (nSPS) is 23.5. The molecule has 6 rings (SSSR count). The number of hydrogen-bond acceptors (Lipinski definition) is 8. The largest absolute Gasteiger partial charge is 0.488 e. The second-order valence-corrected chi connectivity index (χ2v) is 13.7. The number of carboxylic acids is 1. The summed E-state index contributed by atoms with van der Waals surface area (Å²) in [6.45, 7) is 7.89. The summed E-state index contributed by atoms with van der Waals surface area (Å²) in [7, 11) is 1.81. The van der Waals surface area contributed by atoms with E-state index < -0.39 is 5.97 Å². The lowest BCUT2D eigenvalue weighted by Gasteiger charge is -2.35. The highest BCUT2D eigenvalue weighted by Crippen LogP contribution is 2.44. The van der Waals surface area contributed by atoms with E-state index >= 15 is 0 Å². The van der Waals surface area contributed by atoms with Gasteiger partial charge in [0.15, 0.2) is 5.13 Å². The third-order valence-electron chi connectivity index (χ3n) is 9.50. The first-order chi connectivity index (χ1) is 21.2. The van der Waals surface area contributed by atoms with Gasteiger partial charge in [0, 0.05) is 49.7 Å². The molecule has 2 aromatic carbocycles. The molecule has 9 nitrogen and oxygen atoms in total. The number of aliphatic carboxylic acids is 1. The highest BCUT2D eigenvalue weighted by Gasteiger charge is 2.46. The number of carbonyl (C=O) groups excluding carboxylic acids is 1. The fourth-order valence-corrected chi connectivity index (χ4v) is 8.02. The number of aliphatic hydroxyl groups is 1. The summed E-state index contributed by atoms with van der Waals surface area (Å²) in [6.07, 6.45) is 3.39. The summed E-state index contributed by atoms with van der Waals surface area (Å²) >= 11 is 1.60. The van der Waals surface area contributed by atoms with Crippen molar-refractivity contribution >= 4 is 28.3 Å². The third kappa shape index (κ3) is 6.48. The van der Waals surface area contributed by atoms with Crippen LogP contribution in [0.25, 0.3) is 11.3 Å². The van der Waals surface area contributed by atoms with Crippen molar-refractivity contribution in [2.75, 3.05) is 44.8 Å². The molecule has 2 N–H and O–H groups in total. The number of aromatic nitrogens is 1.